The Labute approximate surface area is 175 Å². The Bertz CT molecular complexity index is 1010. The number of hydrogen-bond acceptors (Lipinski definition) is 6. The molecule has 0 fully saturated rings. The van der Waals surface area contributed by atoms with Crippen LogP contribution in [0.2, 0.25) is 0 Å². The molecule has 8 heteroatoms. The van der Waals surface area contributed by atoms with Crippen LogP contribution < -0.4 is 5.32 Å². The van der Waals surface area contributed by atoms with Crippen molar-refractivity contribution < 1.29 is 9.53 Å². The molecule has 0 spiro atoms. The number of anilines is 2. The van der Waals surface area contributed by atoms with Crippen molar-refractivity contribution in [1.29, 1.82) is 0 Å². The van der Waals surface area contributed by atoms with Crippen LogP contribution in [0, 0.1) is 0 Å². The minimum Gasteiger partial charge on any atom is -0.444 e. The topological polar surface area (TPSA) is 85.2 Å². The lowest BCUT2D eigenvalue weighted by atomic mass is 10.1. The molecule has 3 aromatic rings. The quantitative estimate of drug-likeness (QED) is 0.710. The standard InChI is InChI=1S/C22H26N6O2/c1-22(2,3)30-21(29)27-12-9-17-13-23-20(26-19(17)15-27)25-18-7-5-16(6-8-18)14-28-11-4-10-24-28/h4-8,10-11,13H,9,12,14-15H2,1-3H3,(H,23,25,26). The predicted octanol–water partition coefficient (Wildman–Crippen LogP) is 3.76. The SMILES string of the molecule is CC(C)(C)OC(=O)N1CCc2cnc(Nc3ccc(Cn4cccn4)cc3)nc2C1. The van der Waals surface area contributed by atoms with Crippen molar-refractivity contribution >= 4 is 17.7 Å². The molecule has 1 aliphatic heterocycles. The number of hydrogen-bond donors (Lipinski definition) is 1. The summed E-state index contributed by atoms with van der Waals surface area (Å²) < 4.78 is 7.37. The van der Waals surface area contributed by atoms with Crippen LogP contribution in [0.1, 0.15) is 37.6 Å². The first-order valence-corrected chi connectivity index (χ1v) is 10.0. The fraction of sp³-hybridized carbons (Fsp3) is 0.364. The van der Waals surface area contributed by atoms with Gasteiger partial charge in [0.15, 0.2) is 0 Å². The van der Waals surface area contributed by atoms with Crippen LogP contribution in [-0.4, -0.2) is 42.9 Å². The highest BCUT2D eigenvalue weighted by Crippen LogP contribution is 2.22. The number of nitrogens with one attached hydrogen (secondary N) is 1. The molecule has 1 aromatic carbocycles. The normalized spacial score (nSPS) is 13.6. The van der Waals surface area contributed by atoms with Crippen LogP contribution in [0.25, 0.3) is 0 Å². The second-order valence-electron chi connectivity index (χ2n) is 8.34. The van der Waals surface area contributed by atoms with Gasteiger partial charge in [0.1, 0.15) is 5.60 Å². The van der Waals surface area contributed by atoms with Crippen molar-refractivity contribution in [3.05, 3.63) is 65.7 Å². The first kappa shape index (κ1) is 19.9. The molecule has 0 unspecified atom stereocenters. The number of ether oxygens (including phenoxy) is 1. The van der Waals surface area contributed by atoms with Gasteiger partial charge in [-0.3, -0.25) is 4.68 Å². The van der Waals surface area contributed by atoms with Gasteiger partial charge in [-0.25, -0.2) is 14.8 Å². The summed E-state index contributed by atoms with van der Waals surface area (Å²) in [5, 5.41) is 7.47. The molecule has 8 nitrogen and oxygen atoms in total. The zero-order chi connectivity index (χ0) is 21.1. The van der Waals surface area contributed by atoms with E-state index in [0.717, 1.165) is 35.5 Å². The summed E-state index contributed by atoms with van der Waals surface area (Å²) in [4.78, 5) is 23.1. The molecule has 0 bridgehead atoms. The third-order valence-corrected chi connectivity index (χ3v) is 4.71. The van der Waals surface area contributed by atoms with E-state index in [1.54, 1.807) is 11.1 Å². The molecule has 4 rings (SSSR count). The number of nitrogens with zero attached hydrogens (tertiary/aromatic N) is 5. The molecule has 0 saturated heterocycles. The van der Waals surface area contributed by atoms with Crippen molar-refractivity contribution in [3.8, 4) is 0 Å². The lowest BCUT2D eigenvalue weighted by Gasteiger charge is -2.30. The second-order valence-corrected chi connectivity index (χ2v) is 8.34. The van der Waals surface area contributed by atoms with E-state index in [9.17, 15) is 4.79 Å². The lowest BCUT2D eigenvalue weighted by molar-refractivity contribution is 0.0220. The van der Waals surface area contributed by atoms with Gasteiger partial charge >= 0.3 is 6.09 Å². The lowest BCUT2D eigenvalue weighted by Crippen LogP contribution is -2.40. The van der Waals surface area contributed by atoms with Gasteiger partial charge in [0, 0.05) is 30.8 Å². The first-order chi connectivity index (χ1) is 14.4. The predicted molar refractivity (Wildman–Crippen MR) is 113 cm³/mol. The highest BCUT2D eigenvalue weighted by Gasteiger charge is 2.26. The zero-order valence-corrected chi connectivity index (χ0v) is 17.5. The van der Waals surface area contributed by atoms with E-state index < -0.39 is 5.60 Å². The van der Waals surface area contributed by atoms with E-state index in [2.05, 4.69) is 20.4 Å². The van der Waals surface area contributed by atoms with Gasteiger partial charge in [0.25, 0.3) is 0 Å². The van der Waals surface area contributed by atoms with Crippen LogP contribution in [0.5, 0.6) is 0 Å². The summed E-state index contributed by atoms with van der Waals surface area (Å²) in [5.74, 6) is 0.514. The number of benzene rings is 1. The number of rotatable bonds is 4. The van der Waals surface area contributed by atoms with Crippen LogP contribution in [-0.2, 0) is 24.2 Å². The molecule has 0 saturated carbocycles. The monoisotopic (exact) mass is 406 g/mol. The first-order valence-electron chi connectivity index (χ1n) is 10.0. The van der Waals surface area contributed by atoms with E-state index in [-0.39, 0.29) is 6.09 Å². The van der Waals surface area contributed by atoms with E-state index >= 15 is 0 Å². The maximum Gasteiger partial charge on any atom is 0.410 e. The molecule has 30 heavy (non-hydrogen) atoms. The number of fused-ring (bicyclic) bond motifs is 1. The Morgan fingerprint density at radius 1 is 1.23 bits per heavy atom. The third kappa shape index (κ3) is 4.94. The van der Waals surface area contributed by atoms with Crippen molar-refractivity contribution in [1.82, 2.24) is 24.6 Å². The van der Waals surface area contributed by atoms with Crippen molar-refractivity contribution in [3.63, 3.8) is 0 Å². The van der Waals surface area contributed by atoms with Crippen molar-refractivity contribution in [2.45, 2.75) is 45.9 Å². The molecule has 2 aromatic heterocycles. The molecule has 0 aliphatic carbocycles. The van der Waals surface area contributed by atoms with Gasteiger partial charge in [0.05, 0.1) is 18.8 Å². The summed E-state index contributed by atoms with van der Waals surface area (Å²) in [5.41, 5.74) is 3.46. The maximum absolute atomic E-state index is 12.4. The van der Waals surface area contributed by atoms with Gasteiger partial charge in [-0.15, -0.1) is 0 Å². The molecule has 156 valence electrons. The minimum atomic E-state index is -0.515. The Balaban J connectivity index is 1.42. The minimum absolute atomic E-state index is 0.311. The molecule has 3 heterocycles. The smallest absolute Gasteiger partial charge is 0.410 e. The summed E-state index contributed by atoms with van der Waals surface area (Å²) >= 11 is 0. The number of carbonyl (C=O) groups excluding carboxylic acids is 1. The summed E-state index contributed by atoms with van der Waals surface area (Å²) in [6.45, 7) is 7.36. The highest BCUT2D eigenvalue weighted by atomic mass is 16.6. The number of carbonyl (C=O) groups is 1. The summed E-state index contributed by atoms with van der Waals surface area (Å²) in [6.07, 6.45) is 5.95. The van der Waals surface area contributed by atoms with Crippen molar-refractivity contribution in [2.24, 2.45) is 0 Å². The molecular formula is C22H26N6O2. The van der Waals surface area contributed by atoms with E-state index in [0.29, 0.717) is 19.0 Å². The summed E-state index contributed by atoms with van der Waals surface area (Å²) in [6, 6.07) is 10.00. The molecule has 1 N–H and O–H groups in total. The van der Waals surface area contributed by atoms with Crippen LogP contribution in [0.15, 0.2) is 48.9 Å². The van der Waals surface area contributed by atoms with Gasteiger partial charge in [-0.1, -0.05) is 12.1 Å². The van der Waals surface area contributed by atoms with Crippen LogP contribution in [0.3, 0.4) is 0 Å². The molecule has 1 amide bonds. The van der Waals surface area contributed by atoms with Gasteiger partial charge < -0.3 is 15.0 Å². The second kappa shape index (κ2) is 8.14. The van der Waals surface area contributed by atoms with Gasteiger partial charge in [0.2, 0.25) is 5.95 Å². The van der Waals surface area contributed by atoms with Crippen LogP contribution >= 0.6 is 0 Å². The molecular weight excluding hydrogens is 380 g/mol. The van der Waals surface area contributed by atoms with E-state index in [4.69, 9.17) is 4.74 Å². The average molecular weight is 406 g/mol. The Morgan fingerprint density at radius 2 is 2.03 bits per heavy atom. The van der Waals surface area contributed by atoms with Crippen molar-refractivity contribution in [2.75, 3.05) is 11.9 Å². The molecule has 0 radical (unpaired) electrons. The largest absolute Gasteiger partial charge is 0.444 e. The Morgan fingerprint density at radius 3 is 2.73 bits per heavy atom. The fourth-order valence-electron chi connectivity index (χ4n) is 3.25. The highest BCUT2D eigenvalue weighted by molar-refractivity contribution is 5.68. The maximum atomic E-state index is 12.4. The Kier molecular flexibility index (Phi) is 5.39. The average Bonchev–Trinajstić information content (AvgIpc) is 3.21. The molecule has 1 aliphatic rings. The van der Waals surface area contributed by atoms with E-state index in [1.165, 1.54) is 0 Å². The molecule has 0 atom stereocenters. The Hall–Kier alpha value is -3.42. The van der Waals surface area contributed by atoms with E-state index in [1.807, 2.05) is 68.2 Å². The third-order valence-electron chi connectivity index (χ3n) is 4.71. The zero-order valence-electron chi connectivity index (χ0n) is 17.5. The van der Waals surface area contributed by atoms with Crippen LogP contribution in [0.4, 0.5) is 16.4 Å². The van der Waals surface area contributed by atoms with Gasteiger partial charge in [-0.2, -0.15) is 5.10 Å². The number of amides is 1. The number of aromatic nitrogens is 4. The summed E-state index contributed by atoms with van der Waals surface area (Å²) in [7, 11) is 0. The fourth-order valence-corrected chi connectivity index (χ4v) is 3.25. The van der Waals surface area contributed by atoms with Gasteiger partial charge in [-0.05, 0) is 56.5 Å².